The molecule has 1 aromatic carbocycles. The maximum Gasteiger partial charge on any atom is 0.108 e. The smallest absolute Gasteiger partial charge is 0.108 e. The fourth-order valence-electron chi connectivity index (χ4n) is 2.68. The van der Waals surface area contributed by atoms with Crippen LogP contribution < -0.4 is 5.32 Å². The molecule has 0 aliphatic rings. The van der Waals surface area contributed by atoms with Gasteiger partial charge in [-0.3, -0.25) is 0 Å². The van der Waals surface area contributed by atoms with Gasteiger partial charge in [0.2, 0.25) is 0 Å². The average molecular weight is 271 g/mol. The Morgan fingerprint density at radius 1 is 1.20 bits per heavy atom. The van der Waals surface area contributed by atoms with Crippen molar-refractivity contribution >= 4 is 0 Å². The van der Waals surface area contributed by atoms with Gasteiger partial charge in [-0.2, -0.15) is 0 Å². The summed E-state index contributed by atoms with van der Waals surface area (Å²) in [6, 6.07) is 11.4. The molecule has 0 aliphatic carbocycles. The van der Waals surface area contributed by atoms with Gasteiger partial charge in [-0.05, 0) is 25.5 Å². The zero-order chi connectivity index (χ0) is 14.4. The summed E-state index contributed by atoms with van der Waals surface area (Å²) in [6.45, 7) is 7.65. The monoisotopic (exact) mass is 271 g/mol. The molecule has 0 fully saturated rings. The molecular formula is C17H25N3. The number of aromatic nitrogens is 2. The van der Waals surface area contributed by atoms with E-state index in [1.165, 1.54) is 5.56 Å². The number of aryl methyl sites for hydroxylation is 1. The molecule has 3 heteroatoms. The number of nitrogens with zero attached hydrogens (tertiary/aromatic N) is 2. The van der Waals surface area contributed by atoms with Crippen LogP contribution in [-0.4, -0.2) is 16.1 Å². The second-order valence-corrected chi connectivity index (χ2v) is 5.19. The van der Waals surface area contributed by atoms with Crippen molar-refractivity contribution in [2.24, 2.45) is 0 Å². The highest BCUT2D eigenvalue weighted by Gasteiger charge is 2.21. The van der Waals surface area contributed by atoms with Crippen LogP contribution in [0.15, 0.2) is 42.7 Å². The second-order valence-electron chi connectivity index (χ2n) is 5.19. The molecule has 2 rings (SSSR count). The van der Waals surface area contributed by atoms with E-state index in [1.807, 2.05) is 6.20 Å². The standard InChI is InChI=1S/C17H25N3/c1-4-11-19-17(15-9-7-6-8-10-15)14(3)20-13-12-18-16(20)5-2/h6-10,12-14,17,19H,4-5,11H2,1-3H3. The molecule has 2 aromatic rings. The van der Waals surface area contributed by atoms with E-state index in [2.05, 4.69) is 72.2 Å². The molecule has 3 nitrogen and oxygen atoms in total. The van der Waals surface area contributed by atoms with E-state index in [9.17, 15) is 0 Å². The zero-order valence-electron chi connectivity index (χ0n) is 12.7. The summed E-state index contributed by atoms with van der Waals surface area (Å²) in [5.41, 5.74) is 1.34. The summed E-state index contributed by atoms with van der Waals surface area (Å²) in [5, 5.41) is 3.68. The average Bonchev–Trinajstić information content (AvgIpc) is 2.97. The first-order chi connectivity index (χ1) is 9.77. The van der Waals surface area contributed by atoms with E-state index >= 15 is 0 Å². The fourth-order valence-corrected chi connectivity index (χ4v) is 2.68. The Morgan fingerprint density at radius 2 is 1.95 bits per heavy atom. The van der Waals surface area contributed by atoms with Crippen molar-refractivity contribution in [3.8, 4) is 0 Å². The van der Waals surface area contributed by atoms with Crippen molar-refractivity contribution in [3.63, 3.8) is 0 Å². The summed E-state index contributed by atoms with van der Waals surface area (Å²) in [6.07, 6.45) is 6.09. The minimum absolute atomic E-state index is 0.315. The van der Waals surface area contributed by atoms with Gasteiger partial charge >= 0.3 is 0 Å². The van der Waals surface area contributed by atoms with Crippen molar-refractivity contribution < 1.29 is 0 Å². The lowest BCUT2D eigenvalue weighted by atomic mass is 10.00. The third-order valence-electron chi connectivity index (χ3n) is 3.76. The Balaban J connectivity index is 2.26. The molecule has 0 amide bonds. The first kappa shape index (κ1) is 14.8. The lowest BCUT2D eigenvalue weighted by molar-refractivity contribution is 0.371. The van der Waals surface area contributed by atoms with Gasteiger partial charge in [-0.25, -0.2) is 4.98 Å². The molecule has 0 saturated heterocycles. The normalized spacial score (nSPS) is 14.2. The summed E-state index contributed by atoms with van der Waals surface area (Å²) < 4.78 is 2.29. The highest BCUT2D eigenvalue weighted by Crippen LogP contribution is 2.27. The first-order valence-corrected chi connectivity index (χ1v) is 7.58. The van der Waals surface area contributed by atoms with Gasteiger partial charge in [0, 0.05) is 18.8 Å². The summed E-state index contributed by atoms with van der Waals surface area (Å²) >= 11 is 0. The van der Waals surface area contributed by atoms with Crippen molar-refractivity contribution in [2.45, 2.75) is 45.7 Å². The van der Waals surface area contributed by atoms with Gasteiger partial charge in [0.1, 0.15) is 5.82 Å². The molecular weight excluding hydrogens is 246 g/mol. The zero-order valence-corrected chi connectivity index (χ0v) is 12.7. The van der Waals surface area contributed by atoms with Crippen LogP contribution in [0.4, 0.5) is 0 Å². The minimum atomic E-state index is 0.315. The molecule has 0 spiro atoms. The first-order valence-electron chi connectivity index (χ1n) is 7.58. The minimum Gasteiger partial charge on any atom is -0.330 e. The molecule has 20 heavy (non-hydrogen) atoms. The lowest BCUT2D eigenvalue weighted by Gasteiger charge is -2.28. The van der Waals surface area contributed by atoms with Crippen LogP contribution in [0.3, 0.4) is 0 Å². The van der Waals surface area contributed by atoms with E-state index < -0.39 is 0 Å². The van der Waals surface area contributed by atoms with Gasteiger partial charge < -0.3 is 9.88 Å². The van der Waals surface area contributed by atoms with Crippen LogP contribution in [0, 0.1) is 0 Å². The Kier molecular flexibility index (Phi) is 5.36. The highest BCUT2D eigenvalue weighted by molar-refractivity contribution is 5.20. The molecule has 0 bridgehead atoms. The van der Waals surface area contributed by atoms with Crippen LogP contribution in [-0.2, 0) is 6.42 Å². The highest BCUT2D eigenvalue weighted by atomic mass is 15.1. The third kappa shape index (κ3) is 3.28. The fraction of sp³-hybridized carbons (Fsp3) is 0.471. The SMILES string of the molecule is CCCNC(c1ccccc1)C(C)n1ccnc1CC. The van der Waals surface area contributed by atoms with Gasteiger partial charge in [0.05, 0.1) is 12.1 Å². The number of hydrogen-bond donors (Lipinski definition) is 1. The molecule has 2 atom stereocenters. The molecule has 108 valence electrons. The van der Waals surface area contributed by atoms with Gasteiger partial charge in [-0.1, -0.05) is 44.2 Å². The number of rotatable bonds is 7. The molecule has 0 saturated carbocycles. The van der Waals surface area contributed by atoms with E-state index in [0.29, 0.717) is 12.1 Å². The Labute approximate surface area is 122 Å². The quantitative estimate of drug-likeness (QED) is 0.831. The summed E-state index contributed by atoms with van der Waals surface area (Å²) in [4.78, 5) is 4.45. The van der Waals surface area contributed by atoms with Gasteiger partial charge in [-0.15, -0.1) is 0 Å². The Hall–Kier alpha value is -1.61. The summed E-state index contributed by atoms with van der Waals surface area (Å²) in [7, 11) is 0. The second kappa shape index (κ2) is 7.25. The van der Waals surface area contributed by atoms with Crippen LogP contribution in [0.1, 0.15) is 50.7 Å². The molecule has 0 aliphatic heterocycles. The predicted octanol–water partition coefficient (Wildman–Crippen LogP) is 3.75. The maximum absolute atomic E-state index is 4.45. The van der Waals surface area contributed by atoms with E-state index in [0.717, 1.165) is 25.2 Å². The van der Waals surface area contributed by atoms with Crippen molar-refractivity contribution in [2.75, 3.05) is 6.54 Å². The largest absolute Gasteiger partial charge is 0.330 e. The van der Waals surface area contributed by atoms with E-state index in [-0.39, 0.29) is 0 Å². The van der Waals surface area contributed by atoms with Gasteiger partial charge in [0.15, 0.2) is 0 Å². The van der Waals surface area contributed by atoms with E-state index in [4.69, 9.17) is 0 Å². The number of imidazole rings is 1. The lowest BCUT2D eigenvalue weighted by Crippen LogP contribution is -2.30. The predicted molar refractivity (Wildman–Crippen MR) is 83.8 cm³/mol. The van der Waals surface area contributed by atoms with Crippen LogP contribution in [0.5, 0.6) is 0 Å². The number of nitrogens with one attached hydrogen (secondary N) is 1. The molecule has 1 aromatic heterocycles. The Morgan fingerprint density at radius 3 is 2.60 bits per heavy atom. The van der Waals surface area contributed by atoms with E-state index in [1.54, 1.807) is 0 Å². The molecule has 0 radical (unpaired) electrons. The van der Waals surface area contributed by atoms with Gasteiger partial charge in [0.25, 0.3) is 0 Å². The van der Waals surface area contributed by atoms with Crippen LogP contribution in [0.25, 0.3) is 0 Å². The maximum atomic E-state index is 4.45. The van der Waals surface area contributed by atoms with Crippen molar-refractivity contribution in [3.05, 3.63) is 54.1 Å². The van der Waals surface area contributed by atoms with Crippen molar-refractivity contribution in [1.29, 1.82) is 0 Å². The van der Waals surface area contributed by atoms with Crippen molar-refractivity contribution in [1.82, 2.24) is 14.9 Å². The third-order valence-corrected chi connectivity index (χ3v) is 3.76. The van der Waals surface area contributed by atoms with Crippen LogP contribution >= 0.6 is 0 Å². The topological polar surface area (TPSA) is 29.9 Å². The molecule has 1 N–H and O–H groups in total. The molecule has 1 heterocycles. The molecule has 2 unspecified atom stereocenters. The Bertz CT molecular complexity index is 504. The summed E-state index contributed by atoms with van der Waals surface area (Å²) in [5.74, 6) is 1.15. The number of benzene rings is 1. The number of hydrogen-bond acceptors (Lipinski definition) is 2. The van der Waals surface area contributed by atoms with Crippen LogP contribution in [0.2, 0.25) is 0 Å².